The third kappa shape index (κ3) is 3.78. The van der Waals surface area contributed by atoms with Crippen molar-refractivity contribution < 1.29 is 23.5 Å². The summed E-state index contributed by atoms with van der Waals surface area (Å²) in [5.74, 6) is -1.25. The number of carboxylic acids is 1. The van der Waals surface area contributed by atoms with Gasteiger partial charge in [-0.25, -0.2) is 4.79 Å². The zero-order chi connectivity index (χ0) is 23.8. The van der Waals surface area contributed by atoms with E-state index >= 15 is 0 Å². The molecule has 0 spiro atoms. The highest BCUT2D eigenvalue weighted by Gasteiger charge is 2.29. The van der Waals surface area contributed by atoms with E-state index < -0.39 is 17.5 Å². The standard InChI is InChI=1S/C28H21ClO5/c1-2-3-7-19-15-17-6-4-9-21(26(17)33-19)20-8-5-10-22-23(20)24(27(34-22)28(31)32)25(30)16-11-13-18(29)14-12-16/h4-6,8-15H,2-3,7H2,1H3,(H,31,32). The molecule has 5 aromatic rings. The van der Waals surface area contributed by atoms with Gasteiger partial charge < -0.3 is 13.9 Å². The molecule has 5 nitrogen and oxygen atoms in total. The van der Waals surface area contributed by atoms with Crippen LogP contribution in [0.3, 0.4) is 0 Å². The fourth-order valence-electron chi connectivity index (χ4n) is 4.29. The second kappa shape index (κ2) is 8.84. The molecule has 6 heteroatoms. The highest BCUT2D eigenvalue weighted by Crippen LogP contribution is 2.40. The van der Waals surface area contributed by atoms with Gasteiger partial charge in [0.1, 0.15) is 16.9 Å². The topological polar surface area (TPSA) is 80.6 Å². The van der Waals surface area contributed by atoms with Crippen molar-refractivity contribution in [1.29, 1.82) is 0 Å². The van der Waals surface area contributed by atoms with Crippen molar-refractivity contribution in [3.63, 3.8) is 0 Å². The van der Waals surface area contributed by atoms with E-state index in [4.69, 9.17) is 20.4 Å². The van der Waals surface area contributed by atoms with Gasteiger partial charge in [0.05, 0.1) is 5.56 Å². The van der Waals surface area contributed by atoms with E-state index in [2.05, 4.69) is 6.92 Å². The van der Waals surface area contributed by atoms with Crippen molar-refractivity contribution >= 4 is 45.3 Å². The molecule has 0 atom stereocenters. The van der Waals surface area contributed by atoms with Crippen LogP contribution in [0.25, 0.3) is 33.1 Å². The van der Waals surface area contributed by atoms with Gasteiger partial charge in [-0.2, -0.15) is 0 Å². The van der Waals surface area contributed by atoms with Crippen LogP contribution in [-0.2, 0) is 6.42 Å². The first-order valence-electron chi connectivity index (χ1n) is 11.1. The van der Waals surface area contributed by atoms with E-state index in [0.717, 1.165) is 36.0 Å². The summed E-state index contributed by atoms with van der Waals surface area (Å²) >= 11 is 5.98. The molecule has 5 rings (SSSR count). The Morgan fingerprint density at radius 1 is 0.941 bits per heavy atom. The molecule has 3 aromatic carbocycles. The Morgan fingerprint density at radius 2 is 1.68 bits per heavy atom. The lowest BCUT2D eigenvalue weighted by Gasteiger charge is -2.07. The number of carbonyl (C=O) groups excluding carboxylic acids is 1. The molecule has 0 amide bonds. The number of carbonyl (C=O) groups is 2. The average Bonchev–Trinajstić information content (AvgIpc) is 3.44. The maximum Gasteiger partial charge on any atom is 0.372 e. The SMILES string of the molecule is CCCCc1cc2cccc(-c3cccc4oc(C(=O)O)c(C(=O)c5ccc(Cl)cc5)c34)c2o1. The number of para-hydroxylation sites is 1. The summed E-state index contributed by atoms with van der Waals surface area (Å²) in [6.45, 7) is 2.13. The van der Waals surface area contributed by atoms with E-state index in [1.807, 2.05) is 30.3 Å². The number of benzene rings is 3. The predicted octanol–water partition coefficient (Wildman–Crippen LogP) is 7.77. The van der Waals surface area contributed by atoms with Crippen LogP contribution in [0.1, 0.15) is 52.0 Å². The number of ketones is 1. The number of hydrogen-bond donors (Lipinski definition) is 1. The van der Waals surface area contributed by atoms with Crippen LogP contribution in [0, 0.1) is 0 Å². The Morgan fingerprint density at radius 3 is 2.41 bits per heavy atom. The quantitative estimate of drug-likeness (QED) is 0.245. The number of aromatic carboxylic acids is 1. The van der Waals surface area contributed by atoms with E-state index in [1.165, 1.54) is 0 Å². The molecule has 0 saturated heterocycles. The molecule has 2 aromatic heterocycles. The highest BCUT2D eigenvalue weighted by atomic mass is 35.5. The smallest absolute Gasteiger partial charge is 0.372 e. The highest BCUT2D eigenvalue weighted by molar-refractivity contribution is 6.31. The Balaban J connectivity index is 1.77. The minimum atomic E-state index is -1.31. The van der Waals surface area contributed by atoms with Gasteiger partial charge >= 0.3 is 5.97 Å². The summed E-state index contributed by atoms with van der Waals surface area (Å²) in [5, 5.41) is 11.7. The lowest BCUT2D eigenvalue weighted by molar-refractivity contribution is 0.0660. The van der Waals surface area contributed by atoms with Crippen LogP contribution in [-0.4, -0.2) is 16.9 Å². The maximum absolute atomic E-state index is 13.5. The largest absolute Gasteiger partial charge is 0.475 e. The fourth-order valence-corrected chi connectivity index (χ4v) is 4.41. The number of rotatable bonds is 7. The van der Waals surface area contributed by atoms with Crippen LogP contribution in [0.2, 0.25) is 5.02 Å². The van der Waals surface area contributed by atoms with Crippen LogP contribution < -0.4 is 0 Å². The lowest BCUT2D eigenvalue weighted by atomic mass is 9.93. The molecule has 2 heterocycles. The second-order valence-corrected chi connectivity index (χ2v) is 8.60. The van der Waals surface area contributed by atoms with Crippen molar-refractivity contribution in [2.24, 2.45) is 0 Å². The fraction of sp³-hybridized carbons (Fsp3) is 0.143. The van der Waals surface area contributed by atoms with Crippen molar-refractivity contribution in [3.05, 3.63) is 94.4 Å². The molecule has 0 fully saturated rings. The van der Waals surface area contributed by atoms with Crippen molar-refractivity contribution in [3.8, 4) is 11.1 Å². The molecular formula is C28H21ClO5. The molecular weight excluding hydrogens is 452 g/mol. The Hall–Kier alpha value is -3.83. The van der Waals surface area contributed by atoms with Crippen LogP contribution in [0.5, 0.6) is 0 Å². The van der Waals surface area contributed by atoms with E-state index in [1.54, 1.807) is 36.4 Å². The van der Waals surface area contributed by atoms with Crippen LogP contribution in [0.15, 0.2) is 75.6 Å². The van der Waals surface area contributed by atoms with Crippen LogP contribution >= 0.6 is 11.6 Å². The van der Waals surface area contributed by atoms with Gasteiger partial charge in [0, 0.05) is 33.3 Å². The second-order valence-electron chi connectivity index (χ2n) is 8.17. The minimum absolute atomic E-state index is 0.00943. The van der Waals surface area contributed by atoms with Crippen molar-refractivity contribution in [2.75, 3.05) is 0 Å². The molecule has 1 N–H and O–H groups in total. The summed E-state index contributed by atoms with van der Waals surface area (Å²) < 4.78 is 11.9. The molecule has 0 aliphatic rings. The van der Waals surface area contributed by atoms with Gasteiger partial charge in [-0.3, -0.25) is 4.79 Å². The summed E-state index contributed by atoms with van der Waals surface area (Å²) in [5.41, 5.74) is 2.80. The van der Waals surface area contributed by atoms with Gasteiger partial charge in [-0.15, -0.1) is 0 Å². The molecule has 0 unspecified atom stereocenters. The summed E-state index contributed by atoms with van der Waals surface area (Å²) in [7, 11) is 0. The molecule has 0 saturated carbocycles. The van der Waals surface area contributed by atoms with Gasteiger partial charge in [-0.05, 0) is 48.4 Å². The molecule has 0 radical (unpaired) electrons. The normalized spacial score (nSPS) is 11.4. The number of furan rings is 2. The number of unbranched alkanes of at least 4 members (excludes halogenated alkanes) is 1. The van der Waals surface area contributed by atoms with E-state index in [-0.39, 0.29) is 5.56 Å². The zero-order valence-electron chi connectivity index (χ0n) is 18.4. The van der Waals surface area contributed by atoms with Gasteiger partial charge in [0.15, 0.2) is 5.78 Å². The van der Waals surface area contributed by atoms with Crippen molar-refractivity contribution in [2.45, 2.75) is 26.2 Å². The first kappa shape index (κ1) is 22.0. The third-order valence-electron chi connectivity index (χ3n) is 5.91. The third-order valence-corrected chi connectivity index (χ3v) is 6.16. The summed E-state index contributed by atoms with van der Waals surface area (Å²) in [6, 6.07) is 19.5. The monoisotopic (exact) mass is 472 g/mol. The number of carboxylic acid groups (broad SMARTS) is 1. The molecule has 170 valence electrons. The molecule has 0 aliphatic carbocycles. The number of halogens is 1. The van der Waals surface area contributed by atoms with Gasteiger partial charge in [-0.1, -0.05) is 55.3 Å². The predicted molar refractivity (Wildman–Crippen MR) is 132 cm³/mol. The minimum Gasteiger partial charge on any atom is -0.475 e. The molecule has 0 bridgehead atoms. The van der Waals surface area contributed by atoms with Gasteiger partial charge in [0.25, 0.3) is 0 Å². The number of hydrogen-bond acceptors (Lipinski definition) is 4. The molecule has 0 aliphatic heterocycles. The number of aryl methyl sites for hydroxylation is 1. The van der Waals surface area contributed by atoms with E-state index in [0.29, 0.717) is 32.7 Å². The molecule has 34 heavy (non-hydrogen) atoms. The number of fused-ring (bicyclic) bond motifs is 2. The summed E-state index contributed by atoms with van der Waals surface area (Å²) in [4.78, 5) is 25.6. The van der Waals surface area contributed by atoms with Crippen LogP contribution in [0.4, 0.5) is 0 Å². The first-order chi connectivity index (χ1) is 16.5. The summed E-state index contributed by atoms with van der Waals surface area (Å²) in [6.07, 6.45) is 2.92. The Kier molecular flexibility index (Phi) is 5.72. The Labute approximate surface area is 200 Å². The maximum atomic E-state index is 13.5. The zero-order valence-corrected chi connectivity index (χ0v) is 19.2. The van der Waals surface area contributed by atoms with E-state index in [9.17, 15) is 14.7 Å². The average molecular weight is 473 g/mol. The first-order valence-corrected chi connectivity index (χ1v) is 11.5. The lowest BCUT2D eigenvalue weighted by Crippen LogP contribution is -2.07. The van der Waals surface area contributed by atoms with Crippen molar-refractivity contribution in [1.82, 2.24) is 0 Å². The Bertz CT molecular complexity index is 1540. The van der Waals surface area contributed by atoms with Gasteiger partial charge in [0.2, 0.25) is 5.76 Å².